The number of rotatable bonds is 13. The molecule has 0 heterocycles. The van der Waals surface area contributed by atoms with Crippen LogP contribution in [0.2, 0.25) is 0 Å². The quantitative estimate of drug-likeness (QED) is 0.219. The van der Waals surface area contributed by atoms with Crippen molar-refractivity contribution in [1.29, 1.82) is 0 Å². The summed E-state index contributed by atoms with van der Waals surface area (Å²) in [7, 11) is 1.00. The summed E-state index contributed by atoms with van der Waals surface area (Å²) in [4.78, 5) is 10.1. The van der Waals surface area contributed by atoms with Gasteiger partial charge in [-0.3, -0.25) is 4.79 Å². The molecule has 0 aliphatic rings. The van der Waals surface area contributed by atoms with Gasteiger partial charge in [0.05, 0.1) is 13.2 Å². The molecule has 4 nitrogen and oxygen atoms in total. The number of hydrogen-bond donors (Lipinski definition) is 1. The van der Waals surface area contributed by atoms with E-state index >= 15 is 0 Å². The normalized spacial score (nSPS) is 10.2. The van der Waals surface area contributed by atoms with Crippen molar-refractivity contribution in [3.63, 3.8) is 0 Å². The number of Topliss-reactive ketones (excluding diaryl/α,β-unsaturated/α-hetero) is 1. The van der Waals surface area contributed by atoms with Crippen LogP contribution >= 0.6 is 0 Å². The van der Waals surface area contributed by atoms with Crippen LogP contribution < -0.4 is 0 Å². The fraction of sp³-hybridized carbons (Fsp3) is 0.864. The van der Waals surface area contributed by atoms with Gasteiger partial charge in [-0.2, -0.15) is 18.8 Å². The van der Waals surface area contributed by atoms with Crippen molar-refractivity contribution >= 4 is 5.78 Å². The predicted octanol–water partition coefficient (Wildman–Crippen LogP) is 5.53. The fourth-order valence-corrected chi connectivity index (χ4v) is 1.49. The Morgan fingerprint density at radius 1 is 1.04 bits per heavy atom. The first-order chi connectivity index (χ1) is 12.5. The molecule has 0 radical (unpaired) electrons. The molecule has 0 aromatic rings. The first kappa shape index (κ1) is 38.2. The van der Waals surface area contributed by atoms with Crippen molar-refractivity contribution in [3.8, 4) is 0 Å². The van der Waals surface area contributed by atoms with Crippen molar-refractivity contribution in [2.45, 2.75) is 80.6 Å². The maximum Gasteiger partial charge on any atom is 2.00 e. The zero-order chi connectivity index (χ0) is 21.2. The number of aliphatic hydroxyl groups excluding tert-OH is 1. The third-order valence-corrected chi connectivity index (χ3v) is 3.25. The average Bonchev–Trinajstić information content (AvgIpc) is 2.64. The topological polar surface area (TPSA) is 55.8 Å². The van der Waals surface area contributed by atoms with E-state index < -0.39 is 0 Å². The molecule has 0 rings (SSSR count). The third kappa shape index (κ3) is 46.5. The summed E-state index contributed by atoms with van der Waals surface area (Å²) in [6.45, 7) is 20.8. The predicted molar refractivity (Wildman–Crippen MR) is 114 cm³/mol. The van der Waals surface area contributed by atoms with Gasteiger partial charge in [0, 0.05) is 26.2 Å². The fourth-order valence-electron chi connectivity index (χ4n) is 1.49. The Bertz CT molecular complexity index is 236. The summed E-state index contributed by atoms with van der Waals surface area (Å²) in [6, 6.07) is 0. The minimum atomic E-state index is 0. The molecule has 0 saturated heterocycles. The molecule has 0 saturated carbocycles. The third-order valence-electron chi connectivity index (χ3n) is 3.25. The van der Waals surface area contributed by atoms with Gasteiger partial charge >= 0.3 is 31.1 Å². The van der Waals surface area contributed by atoms with Gasteiger partial charge in [0.25, 0.3) is 0 Å². The van der Waals surface area contributed by atoms with Crippen molar-refractivity contribution in [2.24, 2.45) is 11.8 Å². The van der Waals surface area contributed by atoms with Gasteiger partial charge in [0.15, 0.2) is 0 Å². The Hall–Kier alpha value is 0.602. The van der Waals surface area contributed by atoms with E-state index in [0.29, 0.717) is 5.92 Å². The zero-order valence-corrected chi connectivity index (χ0v) is 23.6. The molecular formula is C22H48O4U. The average molecular weight is 615 g/mol. The summed E-state index contributed by atoms with van der Waals surface area (Å²) in [5.41, 5.74) is 0. The van der Waals surface area contributed by atoms with Crippen LogP contribution in [0.15, 0.2) is 0 Å². The van der Waals surface area contributed by atoms with Crippen LogP contribution in [0.4, 0.5) is 0 Å². The smallest absolute Gasteiger partial charge is 0.400 e. The summed E-state index contributed by atoms with van der Waals surface area (Å²) >= 11 is 0. The SMILES string of the molecule is CC.CC(=O)C(C)C.CO.[CH2-]CCC(C)[CH-]CCCOCCOCCC.[U+2]. The van der Waals surface area contributed by atoms with Gasteiger partial charge in [-0.15, -0.1) is 6.42 Å². The molecule has 0 aliphatic carbocycles. The molecule has 0 aromatic heterocycles. The zero-order valence-electron chi connectivity index (χ0n) is 19.5. The molecule has 1 unspecified atom stereocenters. The van der Waals surface area contributed by atoms with Crippen LogP contribution in [0.3, 0.4) is 0 Å². The van der Waals surface area contributed by atoms with Crippen LogP contribution in [-0.4, -0.2) is 44.4 Å². The monoisotopic (exact) mass is 614 g/mol. The van der Waals surface area contributed by atoms with E-state index in [1.807, 2.05) is 27.7 Å². The van der Waals surface area contributed by atoms with Gasteiger partial charge in [-0.05, 0) is 13.3 Å². The van der Waals surface area contributed by atoms with E-state index in [1.54, 1.807) is 6.92 Å². The van der Waals surface area contributed by atoms with E-state index in [9.17, 15) is 4.79 Å². The van der Waals surface area contributed by atoms with Gasteiger partial charge < -0.3 is 27.9 Å². The number of aliphatic hydroxyl groups is 1. The minimum Gasteiger partial charge on any atom is -0.400 e. The van der Waals surface area contributed by atoms with E-state index in [4.69, 9.17) is 14.6 Å². The molecule has 0 amide bonds. The number of unbranched alkanes of at least 4 members (excludes halogenated alkanes) is 1. The summed E-state index contributed by atoms with van der Waals surface area (Å²) in [6.07, 6.45) is 7.96. The Morgan fingerprint density at radius 2 is 1.48 bits per heavy atom. The maximum atomic E-state index is 10.1. The van der Waals surface area contributed by atoms with E-state index in [2.05, 4.69) is 27.2 Å². The Balaban J connectivity index is -0.000000123. The molecular weight excluding hydrogens is 566 g/mol. The Labute approximate surface area is 194 Å². The molecule has 1 N–H and O–H groups in total. The molecule has 164 valence electrons. The van der Waals surface area contributed by atoms with Gasteiger partial charge in [-0.1, -0.05) is 48.0 Å². The van der Waals surface area contributed by atoms with Crippen molar-refractivity contribution < 1.29 is 50.5 Å². The Kier molecular flexibility index (Phi) is 52.9. The Morgan fingerprint density at radius 3 is 1.85 bits per heavy atom. The molecule has 0 fully saturated rings. The van der Waals surface area contributed by atoms with Gasteiger partial charge in [0.1, 0.15) is 5.78 Å². The van der Waals surface area contributed by atoms with Gasteiger partial charge in [-0.25, -0.2) is 0 Å². The molecule has 0 aromatic carbocycles. The molecule has 27 heavy (non-hydrogen) atoms. The maximum absolute atomic E-state index is 10.1. The van der Waals surface area contributed by atoms with Crippen molar-refractivity contribution in [2.75, 3.05) is 33.5 Å². The second-order valence-electron chi connectivity index (χ2n) is 5.99. The minimum absolute atomic E-state index is 0. The number of hydrogen-bond acceptors (Lipinski definition) is 4. The standard InChI is InChI=1S/C14H28O2.C5H10O.C2H6.CH4O.U/c1-4-8-14(3)9-6-7-11-16-13-12-15-10-5-2;1-4(2)5(3)6;2*1-2;/h9,14H,1,4-8,10-13H2,2-3H3;4H,1-3H3;1-2H3;2H,1H3;/q-2;;;;+2. The van der Waals surface area contributed by atoms with Crippen LogP contribution in [0.5, 0.6) is 0 Å². The second-order valence-corrected chi connectivity index (χ2v) is 5.99. The van der Waals surface area contributed by atoms with Crippen LogP contribution in [0.1, 0.15) is 80.6 Å². The molecule has 0 aliphatic heterocycles. The first-order valence-electron chi connectivity index (χ1n) is 10.2. The molecule has 0 spiro atoms. The molecule has 5 heteroatoms. The van der Waals surface area contributed by atoms with Crippen LogP contribution in [-0.2, 0) is 14.3 Å². The van der Waals surface area contributed by atoms with Crippen molar-refractivity contribution in [3.05, 3.63) is 13.3 Å². The summed E-state index contributed by atoms with van der Waals surface area (Å²) < 4.78 is 10.8. The molecule has 0 bridgehead atoms. The van der Waals surface area contributed by atoms with E-state index in [-0.39, 0.29) is 42.8 Å². The number of ketones is 1. The van der Waals surface area contributed by atoms with Crippen LogP contribution in [0, 0.1) is 56.3 Å². The molecule has 1 atom stereocenters. The second kappa shape index (κ2) is 37.4. The van der Waals surface area contributed by atoms with Crippen molar-refractivity contribution in [1.82, 2.24) is 0 Å². The van der Waals surface area contributed by atoms with E-state index in [1.165, 1.54) is 6.42 Å². The number of carbonyl (C=O) groups is 1. The van der Waals surface area contributed by atoms with Gasteiger partial charge in [0.2, 0.25) is 0 Å². The number of ether oxygens (including phenoxy) is 2. The largest absolute Gasteiger partial charge is 2.00 e. The summed E-state index contributed by atoms with van der Waals surface area (Å²) in [5, 5.41) is 7.00. The summed E-state index contributed by atoms with van der Waals surface area (Å²) in [5.74, 6) is 1.17. The van der Waals surface area contributed by atoms with Crippen LogP contribution in [0.25, 0.3) is 0 Å². The number of carbonyl (C=O) groups excluding carboxylic acids is 1. The first-order valence-corrected chi connectivity index (χ1v) is 10.2. The van der Waals surface area contributed by atoms with E-state index in [0.717, 1.165) is 59.2 Å².